The Hall–Kier alpha value is -3.81. The van der Waals surface area contributed by atoms with Crippen LogP contribution in [0.2, 0.25) is 10.3 Å². The topological polar surface area (TPSA) is 94.4 Å². The second kappa shape index (κ2) is 38.9. The Labute approximate surface area is 507 Å². The molecule has 18 heteroatoms. The van der Waals surface area contributed by atoms with Crippen molar-refractivity contribution in [3.8, 4) is 17.0 Å². The van der Waals surface area contributed by atoms with Crippen molar-refractivity contribution in [2.24, 2.45) is 17.8 Å². The molecule has 0 amide bonds. The number of hydrogen-bond acceptors (Lipinski definition) is 7. The number of aliphatic hydroxyl groups is 1. The van der Waals surface area contributed by atoms with Crippen LogP contribution in [-0.2, 0) is 21.2 Å². The third-order valence-electron chi connectivity index (χ3n) is 13.9. The van der Waals surface area contributed by atoms with Gasteiger partial charge in [0.05, 0.1) is 11.3 Å². The van der Waals surface area contributed by atoms with E-state index < -0.39 is 52.1 Å². The Morgan fingerprint density at radius 1 is 0.667 bits per heavy atom. The number of ketones is 1. The van der Waals surface area contributed by atoms with E-state index in [4.69, 9.17) is 27.9 Å². The van der Waals surface area contributed by atoms with Gasteiger partial charge in [0.25, 0.3) is 0 Å². The Kier molecular flexibility index (Phi) is 35.2. The molecule has 2 aromatic carbocycles. The van der Waals surface area contributed by atoms with Crippen LogP contribution < -0.4 is 23.6 Å². The zero-order valence-corrected chi connectivity index (χ0v) is 51.3. The van der Waals surface area contributed by atoms with Crippen LogP contribution in [0.4, 0.5) is 30.7 Å². The van der Waals surface area contributed by atoms with E-state index in [0.29, 0.717) is 34.1 Å². The molecule has 3 aliphatic rings. The van der Waals surface area contributed by atoms with Gasteiger partial charge in [-0.1, -0.05) is 114 Å². The summed E-state index contributed by atoms with van der Waals surface area (Å²) in [5.74, 6) is -7.13. The van der Waals surface area contributed by atoms with Crippen molar-refractivity contribution in [1.29, 1.82) is 0 Å². The Bertz CT molecular complexity index is 2530. The first-order valence-corrected chi connectivity index (χ1v) is 29.6. The van der Waals surface area contributed by atoms with Gasteiger partial charge in [0, 0.05) is 72.4 Å². The number of halogens is 10. The molecule has 0 radical (unpaired) electrons. The third kappa shape index (κ3) is 25.9. The molecule has 1 atom stereocenters. The average Bonchev–Trinajstić information content (AvgIpc) is 3.45. The van der Waals surface area contributed by atoms with Crippen LogP contribution in [-0.4, -0.2) is 39.1 Å². The smallest absolute Gasteiger partial charge is 0.429 e. The largest absolute Gasteiger partial charge is 1.00 e. The molecule has 1 N–H and O–H groups in total. The number of ether oxygens (including phenoxy) is 2. The van der Waals surface area contributed by atoms with Gasteiger partial charge in [-0.15, -0.1) is 0 Å². The number of alkyl halides is 2. The molecule has 442 valence electrons. The van der Waals surface area contributed by atoms with Crippen LogP contribution in [0.15, 0.2) is 89.8 Å². The summed E-state index contributed by atoms with van der Waals surface area (Å²) in [6.07, 6.45) is 23.1. The molecule has 0 bridgehead atoms. The molecule has 8 rings (SSSR count). The standard InChI is InChI=1S/C27H22F7NO.C14H20ClNO.C9H16O.C5H3BrClN.C4H10O.C4H9.Li/c1-2-3-15-4-6-16(7-5-15)17-8-9-24(35-14-17)18-10-20(28)25(21(29)11-18)27(33,34)36-19-12-22(30)26(32)23(31)13-19;1-2-3-11-6-8-14(17,9-7-11)12-4-5-13(15)16-10-12;1-2-3-8-4-6-9(10)7-5-8;6-4-1-2-5(7)8-3-4;1-3-5-4-2;1-3-4-2;/h6,8-15H,2-5,7H2,1H3;4-5,10-11,17H,2-3,6-9H2,1H3;8H,2-7H2,1H3;1-3H;3-4H2,1-2H3;1,3-4H2,2H3;/q;;;;;-1;+1. The summed E-state index contributed by atoms with van der Waals surface area (Å²) in [4.78, 5) is 22.9. The van der Waals surface area contributed by atoms with Crippen LogP contribution in [0.3, 0.4) is 0 Å². The van der Waals surface area contributed by atoms with Gasteiger partial charge in [-0.05, 0) is 153 Å². The van der Waals surface area contributed by atoms with Crippen LogP contribution >= 0.6 is 39.1 Å². The van der Waals surface area contributed by atoms with E-state index in [1.54, 1.807) is 42.9 Å². The number of carbonyl (C=O) groups excluding carboxylic acids is 1. The first-order valence-electron chi connectivity index (χ1n) is 28.0. The molecule has 2 saturated carbocycles. The number of rotatable bonds is 15. The van der Waals surface area contributed by atoms with Crippen LogP contribution in [0.25, 0.3) is 16.8 Å². The predicted octanol–water partition coefficient (Wildman–Crippen LogP) is 17.2. The zero-order chi connectivity index (χ0) is 59.3. The van der Waals surface area contributed by atoms with E-state index in [9.17, 15) is 40.6 Å². The second-order valence-electron chi connectivity index (χ2n) is 20.1. The summed E-state index contributed by atoms with van der Waals surface area (Å²) in [6, 6.07) is 12.1. The molecule has 81 heavy (non-hydrogen) atoms. The van der Waals surface area contributed by atoms with E-state index in [1.165, 1.54) is 38.5 Å². The Morgan fingerprint density at radius 3 is 1.60 bits per heavy atom. The molecular weight excluding hydrogens is 1150 g/mol. The maximum absolute atomic E-state index is 14.6. The summed E-state index contributed by atoms with van der Waals surface area (Å²) in [6.45, 7) is 18.0. The summed E-state index contributed by atoms with van der Waals surface area (Å²) < 4.78 is 108. The molecule has 3 aromatic heterocycles. The fourth-order valence-electron chi connectivity index (χ4n) is 9.42. The number of pyridine rings is 3. The normalized spacial score (nSPS) is 17.8. The third-order valence-corrected chi connectivity index (χ3v) is 14.8. The Balaban J connectivity index is 0.000000407. The fraction of sp³-hybridized carbons (Fsp3) is 0.508. The maximum Gasteiger partial charge on any atom is 1.00 e. The molecule has 0 saturated heterocycles. The average molecular weight is 1230 g/mol. The number of Topliss-reactive ketones (excluding diaryl/α,β-unsaturated/α-hetero) is 1. The zero-order valence-electron chi connectivity index (χ0n) is 48.2. The van der Waals surface area contributed by atoms with Crippen molar-refractivity contribution in [3.05, 3.63) is 153 Å². The maximum atomic E-state index is 14.6. The van der Waals surface area contributed by atoms with Crippen molar-refractivity contribution in [2.45, 2.75) is 175 Å². The summed E-state index contributed by atoms with van der Waals surface area (Å²) in [5, 5.41) is 11.6. The molecule has 5 aromatic rings. The van der Waals surface area contributed by atoms with Gasteiger partial charge in [0.1, 0.15) is 39.0 Å². The van der Waals surface area contributed by atoms with Crippen molar-refractivity contribution >= 4 is 50.5 Å². The van der Waals surface area contributed by atoms with Gasteiger partial charge < -0.3 is 21.5 Å². The van der Waals surface area contributed by atoms with E-state index in [2.05, 4.69) is 76.3 Å². The number of unbranched alkanes of at least 4 members (excludes halogenated alkanes) is 1. The quantitative estimate of drug-likeness (QED) is 0.0367. The number of nitrogens with zero attached hydrogens (tertiary/aromatic N) is 3. The minimum absolute atomic E-state index is 0. The monoisotopic (exact) mass is 1230 g/mol. The summed E-state index contributed by atoms with van der Waals surface area (Å²) in [5.41, 5.74) is 0.566. The summed E-state index contributed by atoms with van der Waals surface area (Å²) >= 11 is 14.5. The van der Waals surface area contributed by atoms with Gasteiger partial charge in [-0.25, -0.2) is 31.9 Å². The van der Waals surface area contributed by atoms with Crippen molar-refractivity contribution < 1.29 is 69.0 Å². The minimum atomic E-state index is -4.65. The van der Waals surface area contributed by atoms with E-state index in [-0.39, 0.29) is 42.3 Å². The number of aromatic nitrogens is 3. The molecule has 1 unspecified atom stereocenters. The van der Waals surface area contributed by atoms with E-state index in [1.807, 2.05) is 26.0 Å². The van der Waals surface area contributed by atoms with Crippen molar-refractivity contribution in [2.75, 3.05) is 13.2 Å². The minimum Gasteiger partial charge on any atom is -0.429 e. The molecule has 7 nitrogen and oxygen atoms in total. The van der Waals surface area contributed by atoms with Crippen LogP contribution in [0.5, 0.6) is 5.75 Å². The van der Waals surface area contributed by atoms with Gasteiger partial charge >= 0.3 is 25.0 Å². The first-order chi connectivity index (χ1) is 38.2. The van der Waals surface area contributed by atoms with Crippen molar-refractivity contribution in [3.63, 3.8) is 0 Å². The molecule has 0 spiro atoms. The molecule has 3 aliphatic carbocycles. The number of benzene rings is 2. The number of allylic oxidation sites excluding steroid dienone is 2. The molecule has 3 heterocycles. The van der Waals surface area contributed by atoms with Gasteiger partial charge in [0.2, 0.25) is 0 Å². The fourth-order valence-corrected chi connectivity index (χ4v) is 9.87. The Morgan fingerprint density at radius 2 is 1.19 bits per heavy atom. The van der Waals surface area contributed by atoms with Gasteiger partial charge in [-0.2, -0.15) is 15.2 Å². The predicted molar refractivity (Wildman–Crippen MR) is 312 cm³/mol. The molecular formula is C63H80BrCl2F7LiN3O4. The number of carbonyl (C=O) groups is 1. The van der Waals surface area contributed by atoms with Crippen molar-refractivity contribution in [1.82, 2.24) is 15.0 Å². The van der Waals surface area contributed by atoms with E-state index >= 15 is 0 Å². The summed E-state index contributed by atoms with van der Waals surface area (Å²) in [7, 11) is 0. The number of hydrogen-bond donors (Lipinski definition) is 1. The van der Waals surface area contributed by atoms with Crippen LogP contribution in [0, 0.1) is 53.8 Å². The van der Waals surface area contributed by atoms with Gasteiger partial charge in [-0.3, -0.25) is 9.78 Å². The second-order valence-corrected chi connectivity index (χ2v) is 21.8. The van der Waals surface area contributed by atoms with E-state index in [0.717, 1.165) is 130 Å². The van der Waals surface area contributed by atoms with Gasteiger partial charge in [0.15, 0.2) is 17.5 Å². The van der Waals surface area contributed by atoms with Crippen LogP contribution in [0.1, 0.15) is 180 Å². The molecule has 0 aliphatic heterocycles. The SMILES string of the molecule is CCCC1CC=C(c2ccc(-c3cc(F)c(C(F)(F)Oc4cc(F)c(F)c(F)c4)c(F)c3)nc2)CC1.CCCC1CCC(=O)CC1.CCCC1CCC(O)(c2ccc(Cl)nc2)CC1.CCOCC.Clc1ccc(Br)cn1.[CH2-]CCC.[Li+]. The first kappa shape index (κ1) is 73.3. The molecule has 2 fully saturated rings.